The number of rotatable bonds is 6. The molecule has 6 heteroatoms. The zero-order valence-electron chi connectivity index (χ0n) is 9.39. The van der Waals surface area contributed by atoms with Crippen molar-refractivity contribution in [2.45, 2.75) is 17.7 Å². The Morgan fingerprint density at radius 2 is 1.94 bits per heavy atom. The van der Waals surface area contributed by atoms with E-state index in [0.717, 1.165) is 5.56 Å². The standard InChI is InChI=1S/C11H15N3O2S/c12-7-1-9-14-17(15,16)11-4-2-10(3-5-11)6-8-13/h2-5,14H,1,6-7,9,12H2. The third-order valence-electron chi connectivity index (χ3n) is 2.19. The van der Waals surface area contributed by atoms with Crippen molar-refractivity contribution in [3.63, 3.8) is 0 Å². The molecule has 0 atom stereocenters. The Morgan fingerprint density at radius 1 is 1.29 bits per heavy atom. The smallest absolute Gasteiger partial charge is 0.240 e. The average Bonchev–Trinajstić information content (AvgIpc) is 2.30. The van der Waals surface area contributed by atoms with Gasteiger partial charge in [-0.3, -0.25) is 0 Å². The highest BCUT2D eigenvalue weighted by atomic mass is 32.2. The zero-order valence-corrected chi connectivity index (χ0v) is 10.2. The molecule has 0 unspecified atom stereocenters. The van der Waals surface area contributed by atoms with Crippen LogP contribution >= 0.6 is 0 Å². The van der Waals surface area contributed by atoms with Gasteiger partial charge in [0.2, 0.25) is 10.0 Å². The van der Waals surface area contributed by atoms with Crippen LogP contribution in [0.3, 0.4) is 0 Å². The summed E-state index contributed by atoms with van der Waals surface area (Å²) < 4.78 is 26.0. The molecule has 1 aromatic carbocycles. The maximum Gasteiger partial charge on any atom is 0.240 e. The van der Waals surface area contributed by atoms with Crippen molar-refractivity contribution in [3.8, 4) is 6.07 Å². The molecular weight excluding hydrogens is 238 g/mol. The van der Waals surface area contributed by atoms with E-state index >= 15 is 0 Å². The van der Waals surface area contributed by atoms with E-state index in [0.29, 0.717) is 19.5 Å². The van der Waals surface area contributed by atoms with Crippen molar-refractivity contribution >= 4 is 10.0 Å². The van der Waals surface area contributed by atoms with Crippen molar-refractivity contribution in [1.82, 2.24) is 4.72 Å². The van der Waals surface area contributed by atoms with E-state index in [1.165, 1.54) is 12.1 Å². The molecule has 0 fully saturated rings. The highest BCUT2D eigenvalue weighted by Crippen LogP contribution is 2.10. The van der Waals surface area contributed by atoms with Crippen LogP contribution in [0.2, 0.25) is 0 Å². The van der Waals surface area contributed by atoms with Gasteiger partial charge in [0.05, 0.1) is 17.4 Å². The SMILES string of the molecule is N#CCc1ccc(S(=O)(=O)NCCCN)cc1. The zero-order chi connectivity index (χ0) is 12.7. The summed E-state index contributed by atoms with van der Waals surface area (Å²) in [4.78, 5) is 0.205. The quantitative estimate of drug-likeness (QED) is 0.716. The molecule has 0 aliphatic heterocycles. The van der Waals surface area contributed by atoms with Crippen LogP contribution in [0.1, 0.15) is 12.0 Å². The Balaban J connectivity index is 2.75. The molecular formula is C11H15N3O2S. The third-order valence-corrected chi connectivity index (χ3v) is 3.67. The summed E-state index contributed by atoms with van der Waals surface area (Å²) in [6, 6.07) is 8.28. The second kappa shape index (κ2) is 6.35. The largest absolute Gasteiger partial charge is 0.330 e. The minimum absolute atomic E-state index is 0.205. The molecule has 1 aromatic rings. The third kappa shape index (κ3) is 4.15. The van der Waals surface area contributed by atoms with Gasteiger partial charge in [0.15, 0.2) is 0 Å². The topological polar surface area (TPSA) is 96.0 Å². The average molecular weight is 253 g/mol. The summed E-state index contributed by atoms with van der Waals surface area (Å²) in [5.74, 6) is 0. The van der Waals surface area contributed by atoms with Gasteiger partial charge < -0.3 is 5.73 Å². The number of benzene rings is 1. The van der Waals surface area contributed by atoms with Gasteiger partial charge in [-0.15, -0.1) is 0 Å². The van der Waals surface area contributed by atoms with E-state index in [-0.39, 0.29) is 11.3 Å². The number of hydrogen-bond donors (Lipinski definition) is 2. The summed E-state index contributed by atoms with van der Waals surface area (Å²) in [5, 5.41) is 8.50. The second-order valence-corrected chi connectivity index (χ2v) is 5.29. The van der Waals surface area contributed by atoms with Crippen LogP contribution in [0.5, 0.6) is 0 Å². The Kier molecular flexibility index (Phi) is 5.10. The number of nitriles is 1. The van der Waals surface area contributed by atoms with E-state index in [4.69, 9.17) is 11.0 Å². The van der Waals surface area contributed by atoms with Gasteiger partial charge in [-0.25, -0.2) is 13.1 Å². The molecule has 0 aliphatic rings. The number of hydrogen-bond acceptors (Lipinski definition) is 4. The molecule has 0 aromatic heterocycles. The monoisotopic (exact) mass is 253 g/mol. The lowest BCUT2D eigenvalue weighted by molar-refractivity contribution is 0.579. The molecule has 92 valence electrons. The minimum atomic E-state index is -3.45. The second-order valence-electron chi connectivity index (χ2n) is 3.52. The fraction of sp³-hybridized carbons (Fsp3) is 0.364. The predicted octanol–water partition coefficient (Wildman–Crippen LogP) is 0.380. The number of nitrogens with two attached hydrogens (primary N) is 1. The molecule has 5 nitrogen and oxygen atoms in total. The molecule has 1 rings (SSSR count). The van der Waals surface area contributed by atoms with Gasteiger partial charge in [0, 0.05) is 6.54 Å². The van der Waals surface area contributed by atoms with E-state index in [1.54, 1.807) is 12.1 Å². The molecule has 0 saturated heterocycles. The Morgan fingerprint density at radius 3 is 2.47 bits per heavy atom. The normalized spacial score (nSPS) is 11.1. The van der Waals surface area contributed by atoms with E-state index in [9.17, 15) is 8.42 Å². The van der Waals surface area contributed by atoms with Gasteiger partial charge in [0.1, 0.15) is 0 Å². The summed E-state index contributed by atoms with van der Waals surface area (Å²) in [5.41, 5.74) is 6.08. The number of nitrogens with one attached hydrogen (secondary N) is 1. The summed E-state index contributed by atoms with van der Waals surface area (Å²) in [6.45, 7) is 0.780. The Hall–Kier alpha value is -1.42. The first kappa shape index (κ1) is 13.6. The van der Waals surface area contributed by atoms with Crippen LogP contribution in [0.25, 0.3) is 0 Å². The van der Waals surface area contributed by atoms with E-state index < -0.39 is 10.0 Å². The minimum Gasteiger partial charge on any atom is -0.330 e. The van der Waals surface area contributed by atoms with E-state index in [2.05, 4.69) is 4.72 Å². The molecule has 0 radical (unpaired) electrons. The summed E-state index contributed by atoms with van der Waals surface area (Å²) >= 11 is 0. The lowest BCUT2D eigenvalue weighted by Gasteiger charge is -2.06. The molecule has 17 heavy (non-hydrogen) atoms. The fourth-order valence-corrected chi connectivity index (χ4v) is 2.34. The summed E-state index contributed by atoms with van der Waals surface area (Å²) in [6.07, 6.45) is 0.882. The first-order valence-corrected chi connectivity index (χ1v) is 6.74. The van der Waals surface area contributed by atoms with Crippen LogP contribution in [0.4, 0.5) is 0 Å². The van der Waals surface area contributed by atoms with Gasteiger partial charge >= 0.3 is 0 Å². The molecule has 0 aliphatic carbocycles. The number of sulfonamides is 1. The van der Waals surface area contributed by atoms with Crippen LogP contribution in [-0.4, -0.2) is 21.5 Å². The maximum absolute atomic E-state index is 11.8. The van der Waals surface area contributed by atoms with Crippen molar-refractivity contribution in [1.29, 1.82) is 5.26 Å². The predicted molar refractivity (Wildman–Crippen MR) is 64.6 cm³/mol. The Bertz CT molecular complexity index is 488. The highest BCUT2D eigenvalue weighted by Gasteiger charge is 2.12. The first-order valence-electron chi connectivity index (χ1n) is 5.26. The van der Waals surface area contributed by atoms with Crippen LogP contribution < -0.4 is 10.5 Å². The molecule has 0 amide bonds. The summed E-state index contributed by atoms with van der Waals surface area (Å²) in [7, 11) is -3.45. The van der Waals surface area contributed by atoms with Gasteiger partial charge in [0.25, 0.3) is 0 Å². The van der Waals surface area contributed by atoms with Crippen LogP contribution in [-0.2, 0) is 16.4 Å². The lowest BCUT2D eigenvalue weighted by atomic mass is 10.2. The molecule has 0 saturated carbocycles. The van der Waals surface area contributed by atoms with Gasteiger partial charge in [-0.1, -0.05) is 12.1 Å². The maximum atomic E-state index is 11.8. The lowest BCUT2D eigenvalue weighted by Crippen LogP contribution is -2.26. The van der Waals surface area contributed by atoms with Crippen molar-refractivity contribution in [2.75, 3.05) is 13.1 Å². The molecule has 0 heterocycles. The van der Waals surface area contributed by atoms with Crippen molar-refractivity contribution < 1.29 is 8.42 Å². The number of nitrogens with zero attached hydrogens (tertiary/aromatic N) is 1. The highest BCUT2D eigenvalue weighted by molar-refractivity contribution is 7.89. The van der Waals surface area contributed by atoms with Gasteiger partial charge in [-0.05, 0) is 30.7 Å². The first-order chi connectivity index (χ1) is 8.10. The molecule has 0 spiro atoms. The van der Waals surface area contributed by atoms with Crippen molar-refractivity contribution in [2.24, 2.45) is 5.73 Å². The molecule has 3 N–H and O–H groups in total. The van der Waals surface area contributed by atoms with Gasteiger partial charge in [-0.2, -0.15) is 5.26 Å². The molecule has 0 bridgehead atoms. The van der Waals surface area contributed by atoms with Crippen LogP contribution in [0.15, 0.2) is 29.2 Å². The van der Waals surface area contributed by atoms with E-state index in [1.807, 2.05) is 6.07 Å². The van der Waals surface area contributed by atoms with Crippen LogP contribution in [0, 0.1) is 11.3 Å². The van der Waals surface area contributed by atoms with Crippen molar-refractivity contribution in [3.05, 3.63) is 29.8 Å². The Labute approximate surface area is 101 Å². The fourth-order valence-electron chi connectivity index (χ4n) is 1.27.